The fraction of sp³-hybridized carbons (Fsp3) is 0.200. The molecule has 2 rings (SSSR count). The molecule has 2 heteroatoms. The lowest BCUT2D eigenvalue weighted by molar-refractivity contribution is 0.759. The summed E-state index contributed by atoms with van der Waals surface area (Å²) in [4.78, 5) is 0. The van der Waals surface area contributed by atoms with Gasteiger partial charge < -0.3 is 0 Å². The Morgan fingerprint density at radius 1 is 0.824 bits per heavy atom. The maximum absolute atomic E-state index is 5.88. The van der Waals surface area contributed by atoms with Crippen LogP contribution < -0.4 is 0 Å². The van der Waals surface area contributed by atoms with Crippen molar-refractivity contribution in [1.82, 2.24) is 0 Å². The maximum Gasteiger partial charge on any atom is 0.0406 e. The molecule has 88 valence electrons. The van der Waals surface area contributed by atoms with E-state index < -0.39 is 0 Å². The molecule has 0 saturated heterocycles. The molecule has 0 radical (unpaired) electrons. The summed E-state index contributed by atoms with van der Waals surface area (Å²) >= 11 is 11.7. The third-order valence-corrected chi connectivity index (χ3v) is 3.40. The van der Waals surface area contributed by atoms with Gasteiger partial charge in [-0.25, -0.2) is 0 Å². The topological polar surface area (TPSA) is 0 Å². The van der Waals surface area contributed by atoms with Crippen molar-refractivity contribution in [3.63, 3.8) is 0 Å². The van der Waals surface area contributed by atoms with Gasteiger partial charge in [0.05, 0.1) is 0 Å². The van der Waals surface area contributed by atoms with E-state index >= 15 is 0 Å². The van der Waals surface area contributed by atoms with Crippen LogP contribution in [0.15, 0.2) is 48.5 Å². The minimum Gasteiger partial charge on any atom is -0.0843 e. The van der Waals surface area contributed by atoms with Crippen molar-refractivity contribution in [2.75, 3.05) is 0 Å². The molecule has 0 aliphatic rings. The Morgan fingerprint density at radius 2 is 1.29 bits per heavy atom. The summed E-state index contributed by atoms with van der Waals surface area (Å²) in [6, 6.07) is 16.1. The quantitative estimate of drug-likeness (QED) is 0.702. The van der Waals surface area contributed by atoms with Crippen molar-refractivity contribution in [1.29, 1.82) is 0 Å². The molecule has 0 N–H and O–H groups in total. The third kappa shape index (κ3) is 3.49. The lowest BCUT2D eigenvalue weighted by Crippen LogP contribution is -1.98. The van der Waals surface area contributed by atoms with Crippen LogP contribution in [0.1, 0.15) is 24.0 Å². The van der Waals surface area contributed by atoms with Gasteiger partial charge in [-0.05, 0) is 47.7 Å². The van der Waals surface area contributed by atoms with Crippen molar-refractivity contribution < 1.29 is 0 Å². The summed E-state index contributed by atoms with van der Waals surface area (Å²) in [7, 11) is 0. The lowest BCUT2D eigenvalue weighted by atomic mass is 9.94. The van der Waals surface area contributed by atoms with Gasteiger partial charge in [-0.1, -0.05) is 54.4 Å². The summed E-state index contributed by atoms with van der Waals surface area (Å²) in [5.74, 6) is 0.480. The van der Waals surface area contributed by atoms with Crippen LogP contribution in [0.5, 0.6) is 0 Å². The molecular weight excluding hydrogens is 251 g/mol. The zero-order chi connectivity index (χ0) is 12.3. The minimum atomic E-state index is 0.480. The first-order valence-electron chi connectivity index (χ1n) is 5.65. The van der Waals surface area contributed by atoms with Crippen LogP contribution in [0.2, 0.25) is 10.0 Å². The Labute approximate surface area is 112 Å². The first kappa shape index (κ1) is 12.5. The van der Waals surface area contributed by atoms with Gasteiger partial charge in [-0.2, -0.15) is 0 Å². The van der Waals surface area contributed by atoms with E-state index in [1.54, 1.807) is 0 Å². The largest absolute Gasteiger partial charge is 0.0843 e. The van der Waals surface area contributed by atoms with E-state index in [-0.39, 0.29) is 0 Å². The van der Waals surface area contributed by atoms with E-state index in [0.29, 0.717) is 5.92 Å². The second-order valence-electron chi connectivity index (χ2n) is 4.28. The van der Waals surface area contributed by atoms with Gasteiger partial charge in [0.15, 0.2) is 0 Å². The molecule has 0 aliphatic heterocycles. The molecule has 2 aromatic rings. The fourth-order valence-corrected chi connectivity index (χ4v) is 2.14. The normalized spacial score (nSPS) is 12.4. The highest BCUT2D eigenvalue weighted by Gasteiger charge is 2.06. The van der Waals surface area contributed by atoms with E-state index in [1.165, 1.54) is 11.1 Å². The maximum atomic E-state index is 5.88. The summed E-state index contributed by atoms with van der Waals surface area (Å²) < 4.78 is 0. The molecule has 0 amide bonds. The van der Waals surface area contributed by atoms with E-state index in [9.17, 15) is 0 Å². The molecule has 0 nitrogen and oxygen atoms in total. The summed E-state index contributed by atoms with van der Waals surface area (Å²) in [6.45, 7) is 2.22. The summed E-state index contributed by atoms with van der Waals surface area (Å²) in [6.07, 6.45) is 1.01. The van der Waals surface area contributed by atoms with E-state index in [0.717, 1.165) is 16.5 Å². The predicted molar refractivity (Wildman–Crippen MR) is 75.0 cm³/mol. The number of benzene rings is 2. The molecule has 1 atom stereocenters. The van der Waals surface area contributed by atoms with Crippen molar-refractivity contribution in [3.8, 4) is 0 Å². The van der Waals surface area contributed by atoms with Crippen LogP contribution in [-0.2, 0) is 6.42 Å². The third-order valence-electron chi connectivity index (χ3n) is 2.89. The number of hydrogen-bond donors (Lipinski definition) is 0. The number of halogens is 2. The average Bonchev–Trinajstić information content (AvgIpc) is 2.33. The number of hydrogen-bond acceptors (Lipinski definition) is 0. The highest BCUT2D eigenvalue weighted by Crippen LogP contribution is 2.22. The van der Waals surface area contributed by atoms with Gasteiger partial charge >= 0.3 is 0 Å². The van der Waals surface area contributed by atoms with Crippen molar-refractivity contribution in [2.45, 2.75) is 19.3 Å². The van der Waals surface area contributed by atoms with Gasteiger partial charge in [-0.3, -0.25) is 0 Å². The SMILES string of the molecule is CC(Cc1ccc(Cl)cc1)c1ccc(Cl)cc1. The predicted octanol–water partition coefficient (Wildman–Crippen LogP) is 5.34. The van der Waals surface area contributed by atoms with Crippen LogP contribution >= 0.6 is 23.2 Å². The van der Waals surface area contributed by atoms with Crippen molar-refractivity contribution in [3.05, 3.63) is 69.7 Å². The zero-order valence-corrected chi connectivity index (χ0v) is 11.2. The highest BCUT2D eigenvalue weighted by atomic mass is 35.5. The first-order valence-corrected chi connectivity index (χ1v) is 6.40. The van der Waals surface area contributed by atoms with Gasteiger partial charge in [0.25, 0.3) is 0 Å². The van der Waals surface area contributed by atoms with Gasteiger partial charge in [0.2, 0.25) is 0 Å². The monoisotopic (exact) mass is 264 g/mol. The second kappa shape index (κ2) is 5.57. The Balaban J connectivity index is 2.08. The van der Waals surface area contributed by atoms with Crippen LogP contribution in [0.4, 0.5) is 0 Å². The molecule has 0 saturated carbocycles. The molecule has 2 aromatic carbocycles. The molecular formula is C15H14Cl2. The molecule has 0 aromatic heterocycles. The molecule has 0 heterocycles. The van der Waals surface area contributed by atoms with Crippen LogP contribution in [0.3, 0.4) is 0 Å². The Morgan fingerprint density at radius 3 is 1.82 bits per heavy atom. The van der Waals surface area contributed by atoms with Crippen molar-refractivity contribution >= 4 is 23.2 Å². The second-order valence-corrected chi connectivity index (χ2v) is 5.16. The van der Waals surface area contributed by atoms with E-state index in [2.05, 4.69) is 31.2 Å². The zero-order valence-electron chi connectivity index (χ0n) is 9.66. The van der Waals surface area contributed by atoms with Gasteiger partial charge in [0.1, 0.15) is 0 Å². The van der Waals surface area contributed by atoms with Crippen LogP contribution in [0.25, 0.3) is 0 Å². The van der Waals surface area contributed by atoms with Gasteiger partial charge in [0, 0.05) is 10.0 Å². The molecule has 0 fully saturated rings. The molecule has 1 unspecified atom stereocenters. The van der Waals surface area contributed by atoms with E-state index in [1.807, 2.05) is 24.3 Å². The van der Waals surface area contributed by atoms with Crippen LogP contribution in [-0.4, -0.2) is 0 Å². The summed E-state index contributed by atoms with van der Waals surface area (Å²) in [5, 5.41) is 1.57. The fourth-order valence-electron chi connectivity index (χ4n) is 1.88. The number of rotatable bonds is 3. The average molecular weight is 265 g/mol. The highest BCUT2D eigenvalue weighted by molar-refractivity contribution is 6.30. The lowest BCUT2D eigenvalue weighted by Gasteiger charge is -2.12. The standard InChI is InChI=1S/C15H14Cl2/c1-11(13-4-8-15(17)9-5-13)10-12-2-6-14(16)7-3-12/h2-9,11H,10H2,1H3. The minimum absolute atomic E-state index is 0.480. The van der Waals surface area contributed by atoms with Crippen LogP contribution in [0, 0.1) is 0 Å². The Hall–Kier alpha value is -0.980. The molecule has 0 bridgehead atoms. The van der Waals surface area contributed by atoms with E-state index in [4.69, 9.17) is 23.2 Å². The molecule has 0 spiro atoms. The first-order chi connectivity index (χ1) is 8.15. The van der Waals surface area contributed by atoms with Gasteiger partial charge in [-0.15, -0.1) is 0 Å². The smallest absolute Gasteiger partial charge is 0.0406 e. The molecule has 0 aliphatic carbocycles. The Bertz CT molecular complexity index is 471. The Kier molecular flexibility index (Phi) is 4.09. The molecule has 17 heavy (non-hydrogen) atoms. The summed E-state index contributed by atoms with van der Waals surface area (Å²) in [5.41, 5.74) is 2.61. The van der Waals surface area contributed by atoms with Crippen molar-refractivity contribution in [2.24, 2.45) is 0 Å².